The van der Waals surface area contributed by atoms with E-state index in [4.69, 9.17) is 14.2 Å². The van der Waals surface area contributed by atoms with Gasteiger partial charge in [0.2, 0.25) is 0 Å². The summed E-state index contributed by atoms with van der Waals surface area (Å²) in [5, 5.41) is 0. The van der Waals surface area contributed by atoms with Crippen LogP contribution < -0.4 is 0 Å². The van der Waals surface area contributed by atoms with Crippen molar-refractivity contribution in [1.29, 1.82) is 0 Å². The summed E-state index contributed by atoms with van der Waals surface area (Å²) in [4.78, 5) is 38.3. The van der Waals surface area contributed by atoms with E-state index < -0.39 is 6.10 Å². The molecule has 0 rings (SSSR count). The summed E-state index contributed by atoms with van der Waals surface area (Å²) in [6, 6.07) is 0. The number of unbranched alkanes of at least 4 members (excludes halogenated alkanes) is 53. The number of carbonyl (C=O) groups excluding carboxylic acids is 3. The maximum absolute atomic E-state index is 12.9. The molecule has 1 unspecified atom stereocenters. The molecule has 80 heavy (non-hydrogen) atoms. The minimum Gasteiger partial charge on any atom is -0.462 e. The zero-order chi connectivity index (χ0) is 57.8. The van der Waals surface area contributed by atoms with Crippen molar-refractivity contribution in [3.05, 3.63) is 24.3 Å². The van der Waals surface area contributed by atoms with E-state index in [1.54, 1.807) is 0 Å². The number of ether oxygens (including phenoxy) is 3. The van der Waals surface area contributed by atoms with Crippen molar-refractivity contribution in [2.24, 2.45) is 0 Å². The first kappa shape index (κ1) is 77.9. The van der Waals surface area contributed by atoms with E-state index in [2.05, 4.69) is 45.1 Å². The second-order valence-electron chi connectivity index (χ2n) is 24.9. The monoisotopic (exact) mass is 1130 g/mol. The van der Waals surface area contributed by atoms with E-state index in [1.807, 2.05) is 0 Å². The van der Waals surface area contributed by atoms with Gasteiger partial charge in [-0.1, -0.05) is 347 Å². The van der Waals surface area contributed by atoms with Crippen LogP contribution in [0.2, 0.25) is 0 Å². The minimum absolute atomic E-state index is 0.0724. The average molecular weight is 1130 g/mol. The third-order valence-corrected chi connectivity index (χ3v) is 16.7. The average Bonchev–Trinajstić information content (AvgIpc) is 3.46. The number of rotatable bonds is 68. The van der Waals surface area contributed by atoms with Crippen LogP contribution in [0.5, 0.6) is 0 Å². The Morgan fingerprint density at radius 1 is 0.237 bits per heavy atom. The van der Waals surface area contributed by atoms with Crippen molar-refractivity contribution < 1.29 is 28.6 Å². The molecular formula is C74H140O6. The number of hydrogen-bond donors (Lipinski definition) is 0. The van der Waals surface area contributed by atoms with Crippen LogP contribution in [-0.2, 0) is 28.6 Å². The van der Waals surface area contributed by atoms with Crippen molar-refractivity contribution >= 4 is 17.9 Å². The van der Waals surface area contributed by atoms with Gasteiger partial charge in [0.05, 0.1) is 0 Å². The van der Waals surface area contributed by atoms with Crippen molar-refractivity contribution in [3.8, 4) is 0 Å². The molecule has 1 atom stereocenters. The molecule has 0 amide bonds. The Morgan fingerprint density at radius 2 is 0.412 bits per heavy atom. The quantitative estimate of drug-likeness (QED) is 0.0261. The third kappa shape index (κ3) is 66.7. The van der Waals surface area contributed by atoms with Crippen molar-refractivity contribution in [2.75, 3.05) is 13.2 Å². The molecule has 0 spiro atoms. The summed E-state index contributed by atoms with van der Waals surface area (Å²) in [7, 11) is 0. The van der Waals surface area contributed by atoms with Crippen LogP contribution in [0.3, 0.4) is 0 Å². The fourth-order valence-corrected chi connectivity index (χ4v) is 11.2. The summed E-state index contributed by atoms with van der Waals surface area (Å²) < 4.78 is 16.9. The van der Waals surface area contributed by atoms with Gasteiger partial charge < -0.3 is 14.2 Å². The Hall–Kier alpha value is -2.11. The lowest BCUT2D eigenvalue weighted by Gasteiger charge is -2.18. The summed E-state index contributed by atoms with van der Waals surface area (Å²) in [5.41, 5.74) is 0. The standard InChI is InChI=1S/C74H140O6/c1-4-7-10-13-16-19-22-25-27-28-29-30-31-32-33-34-35-36-37-38-39-40-41-42-43-44-45-46-47-50-52-55-58-61-64-67-73(76)79-70-71(69-78-72(75)66-63-60-57-54-51-48-24-21-18-15-12-9-6-3)80-74(77)68-65-62-59-56-53-49-26-23-20-17-14-11-8-5-2/h21,23-24,26,71H,4-20,22,25,27-70H2,1-3H3/b24-21-,26-23-. The number of esters is 3. The van der Waals surface area contributed by atoms with Gasteiger partial charge in [-0.25, -0.2) is 0 Å². The van der Waals surface area contributed by atoms with E-state index in [0.29, 0.717) is 19.3 Å². The molecular weight excluding hydrogens is 985 g/mol. The van der Waals surface area contributed by atoms with Gasteiger partial charge in [-0.3, -0.25) is 14.4 Å². The molecule has 0 radical (unpaired) electrons. The first-order valence-electron chi connectivity index (χ1n) is 36.3. The SMILES string of the molecule is CCCCCC/C=C\CCCCCCCC(=O)OCC(COC(=O)CCCCCCCCCCCCCCCCCCCCCCCCCCCCCCCCCCCCC)OC(=O)CCCCCCC/C=C\CCCCCCC. The Labute approximate surface area is 500 Å². The number of carbonyl (C=O) groups is 3. The Kier molecular flexibility index (Phi) is 67.6. The van der Waals surface area contributed by atoms with Crippen molar-refractivity contribution in [3.63, 3.8) is 0 Å². The third-order valence-electron chi connectivity index (χ3n) is 16.7. The lowest BCUT2D eigenvalue weighted by atomic mass is 10.0. The summed E-state index contributed by atoms with van der Waals surface area (Å²) >= 11 is 0. The predicted octanol–water partition coefficient (Wildman–Crippen LogP) is 25.0. The Bertz CT molecular complexity index is 1290. The van der Waals surface area contributed by atoms with Crippen LogP contribution >= 0.6 is 0 Å². The normalized spacial score (nSPS) is 12.1. The van der Waals surface area contributed by atoms with Gasteiger partial charge in [-0.05, 0) is 70.6 Å². The molecule has 0 fully saturated rings. The largest absolute Gasteiger partial charge is 0.462 e. The fraction of sp³-hybridized carbons (Fsp3) is 0.905. The van der Waals surface area contributed by atoms with E-state index in [0.717, 1.165) is 70.6 Å². The highest BCUT2D eigenvalue weighted by atomic mass is 16.6. The first-order valence-corrected chi connectivity index (χ1v) is 36.3. The van der Waals surface area contributed by atoms with E-state index >= 15 is 0 Å². The summed E-state index contributed by atoms with van der Waals surface area (Å²) in [6.45, 7) is 6.67. The van der Waals surface area contributed by atoms with E-state index in [-0.39, 0.29) is 31.1 Å². The summed E-state index contributed by atoms with van der Waals surface area (Å²) in [6.07, 6.45) is 85.3. The molecule has 0 aromatic carbocycles. The zero-order valence-corrected chi connectivity index (χ0v) is 54.4. The fourth-order valence-electron chi connectivity index (χ4n) is 11.2. The van der Waals surface area contributed by atoms with E-state index in [9.17, 15) is 14.4 Å². The molecule has 0 saturated heterocycles. The maximum atomic E-state index is 12.9. The molecule has 472 valence electrons. The second kappa shape index (κ2) is 69.4. The zero-order valence-electron chi connectivity index (χ0n) is 54.4. The highest BCUT2D eigenvalue weighted by molar-refractivity contribution is 5.71. The molecule has 0 aliphatic carbocycles. The van der Waals surface area contributed by atoms with Crippen LogP contribution in [0.15, 0.2) is 24.3 Å². The molecule has 0 aromatic heterocycles. The molecule has 0 aliphatic heterocycles. The Morgan fingerprint density at radius 3 is 0.637 bits per heavy atom. The maximum Gasteiger partial charge on any atom is 0.306 e. The number of hydrogen-bond acceptors (Lipinski definition) is 6. The van der Waals surface area contributed by atoms with Gasteiger partial charge in [0.1, 0.15) is 13.2 Å². The van der Waals surface area contributed by atoms with Gasteiger partial charge in [0, 0.05) is 19.3 Å². The molecule has 6 heteroatoms. The first-order chi connectivity index (χ1) is 39.5. The van der Waals surface area contributed by atoms with Gasteiger partial charge >= 0.3 is 17.9 Å². The van der Waals surface area contributed by atoms with Crippen LogP contribution in [0, 0.1) is 0 Å². The molecule has 0 heterocycles. The molecule has 0 N–H and O–H groups in total. The van der Waals surface area contributed by atoms with Gasteiger partial charge in [-0.2, -0.15) is 0 Å². The molecule has 0 aromatic rings. The minimum atomic E-state index is -0.776. The predicted molar refractivity (Wildman–Crippen MR) is 349 cm³/mol. The van der Waals surface area contributed by atoms with Crippen molar-refractivity contribution in [2.45, 2.75) is 419 Å². The van der Waals surface area contributed by atoms with Gasteiger partial charge in [-0.15, -0.1) is 0 Å². The lowest BCUT2D eigenvalue weighted by Crippen LogP contribution is -2.30. The van der Waals surface area contributed by atoms with Crippen LogP contribution in [0.1, 0.15) is 412 Å². The Balaban J connectivity index is 4.01. The van der Waals surface area contributed by atoms with Gasteiger partial charge in [0.15, 0.2) is 6.10 Å². The molecule has 6 nitrogen and oxygen atoms in total. The number of allylic oxidation sites excluding steroid dienone is 4. The molecule has 0 aliphatic rings. The highest BCUT2D eigenvalue weighted by Gasteiger charge is 2.19. The van der Waals surface area contributed by atoms with E-state index in [1.165, 1.54) is 302 Å². The van der Waals surface area contributed by atoms with Gasteiger partial charge in [0.25, 0.3) is 0 Å². The van der Waals surface area contributed by atoms with Crippen LogP contribution in [0.25, 0.3) is 0 Å². The van der Waals surface area contributed by atoms with Crippen LogP contribution in [-0.4, -0.2) is 37.2 Å². The van der Waals surface area contributed by atoms with Crippen molar-refractivity contribution in [1.82, 2.24) is 0 Å². The molecule has 0 bridgehead atoms. The highest BCUT2D eigenvalue weighted by Crippen LogP contribution is 2.19. The van der Waals surface area contributed by atoms with Crippen LogP contribution in [0.4, 0.5) is 0 Å². The molecule has 0 saturated carbocycles. The smallest absolute Gasteiger partial charge is 0.306 e. The topological polar surface area (TPSA) is 78.9 Å². The lowest BCUT2D eigenvalue weighted by molar-refractivity contribution is -0.167. The second-order valence-corrected chi connectivity index (χ2v) is 24.9. The summed E-state index contributed by atoms with van der Waals surface area (Å²) in [5.74, 6) is -0.864.